The van der Waals surface area contributed by atoms with Crippen LogP contribution in [0.1, 0.15) is 24.1 Å². The van der Waals surface area contributed by atoms with Crippen molar-refractivity contribution in [3.8, 4) is 0 Å². The van der Waals surface area contributed by atoms with Crippen LogP contribution in [-0.2, 0) is 19.6 Å². The lowest BCUT2D eigenvalue weighted by Gasteiger charge is -2.40. The van der Waals surface area contributed by atoms with Gasteiger partial charge in [-0.3, -0.25) is 4.79 Å². The van der Waals surface area contributed by atoms with Crippen LogP contribution in [0.4, 0.5) is 0 Å². The van der Waals surface area contributed by atoms with E-state index in [1.807, 2.05) is 6.92 Å². The SMILES string of the molecule is Cc1cc(S(=O)(=O)N2CC(C(=O)O)CC23CCOCC3)cs1. The second-order valence-electron chi connectivity index (χ2n) is 6.01. The van der Waals surface area contributed by atoms with E-state index in [0.717, 1.165) is 4.88 Å². The summed E-state index contributed by atoms with van der Waals surface area (Å²) in [6, 6.07) is 1.65. The third-order valence-corrected chi connectivity index (χ3v) is 7.57. The van der Waals surface area contributed by atoms with Crippen LogP contribution in [0.15, 0.2) is 16.3 Å². The standard InChI is InChI=1S/C14H19NO5S2/c1-10-6-12(9-21-10)22(18,19)15-8-11(13(16)17)7-14(15)2-4-20-5-3-14/h6,9,11H,2-5,7-8H2,1H3,(H,16,17). The molecule has 0 radical (unpaired) electrons. The van der Waals surface area contributed by atoms with Gasteiger partial charge in [-0.05, 0) is 32.3 Å². The second-order valence-corrected chi connectivity index (χ2v) is 8.98. The van der Waals surface area contributed by atoms with Gasteiger partial charge in [-0.1, -0.05) is 0 Å². The average molecular weight is 345 g/mol. The molecule has 2 saturated heterocycles. The first-order valence-electron chi connectivity index (χ1n) is 7.24. The van der Waals surface area contributed by atoms with Crippen LogP contribution < -0.4 is 0 Å². The number of nitrogens with zero attached hydrogens (tertiary/aromatic N) is 1. The van der Waals surface area contributed by atoms with Crippen LogP contribution in [0.3, 0.4) is 0 Å². The lowest BCUT2D eigenvalue weighted by molar-refractivity contribution is -0.141. The lowest BCUT2D eigenvalue weighted by Crippen LogP contribution is -2.50. The highest BCUT2D eigenvalue weighted by Gasteiger charge is 2.53. The molecule has 2 aliphatic rings. The molecule has 3 heterocycles. The van der Waals surface area contributed by atoms with E-state index >= 15 is 0 Å². The van der Waals surface area contributed by atoms with E-state index in [-0.39, 0.29) is 11.4 Å². The maximum atomic E-state index is 13.0. The van der Waals surface area contributed by atoms with Crippen LogP contribution in [0, 0.1) is 12.8 Å². The molecule has 8 heteroatoms. The highest BCUT2D eigenvalue weighted by molar-refractivity contribution is 7.89. The zero-order valence-corrected chi connectivity index (χ0v) is 14.0. The van der Waals surface area contributed by atoms with Gasteiger partial charge in [-0.15, -0.1) is 11.3 Å². The molecule has 22 heavy (non-hydrogen) atoms. The Bertz CT molecular complexity index is 675. The quantitative estimate of drug-likeness (QED) is 0.901. The van der Waals surface area contributed by atoms with Gasteiger partial charge in [0.15, 0.2) is 0 Å². The van der Waals surface area contributed by atoms with E-state index in [2.05, 4.69) is 0 Å². The fourth-order valence-electron chi connectivity index (χ4n) is 3.42. The summed E-state index contributed by atoms with van der Waals surface area (Å²) in [4.78, 5) is 12.6. The number of carboxylic acids is 1. The molecule has 122 valence electrons. The molecule has 1 aromatic rings. The number of carboxylic acid groups (broad SMARTS) is 1. The fraction of sp³-hybridized carbons (Fsp3) is 0.643. The summed E-state index contributed by atoms with van der Waals surface area (Å²) in [6.07, 6.45) is 1.48. The maximum Gasteiger partial charge on any atom is 0.307 e. The molecule has 6 nitrogen and oxygen atoms in total. The van der Waals surface area contributed by atoms with Crippen molar-refractivity contribution in [2.45, 2.75) is 36.6 Å². The highest BCUT2D eigenvalue weighted by atomic mass is 32.2. The van der Waals surface area contributed by atoms with Gasteiger partial charge in [0.2, 0.25) is 10.0 Å². The van der Waals surface area contributed by atoms with Crippen molar-refractivity contribution in [3.05, 3.63) is 16.3 Å². The molecule has 1 unspecified atom stereocenters. The average Bonchev–Trinajstić information content (AvgIpc) is 3.05. The molecular weight excluding hydrogens is 326 g/mol. The molecule has 0 aliphatic carbocycles. The minimum atomic E-state index is -3.67. The summed E-state index contributed by atoms with van der Waals surface area (Å²) < 4.78 is 32.8. The number of hydrogen-bond donors (Lipinski definition) is 1. The first kappa shape index (κ1) is 15.9. The van der Waals surface area contributed by atoms with Crippen molar-refractivity contribution >= 4 is 27.3 Å². The third kappa shape index (κ3) is 2.58. The summed E-state index contributed by atoms with van der Waals surface area (Å²) in [7, 11) is -3.67. The van der Waals surface area contributed by atoms with Crippen LogP contribution >= 0.6 is 11.3 Å². The predicted octanol–water partition coefficient (Wildman–Crippen LogP) is 1.70. The number of aliphatic carboxylic acids is 1. The van der Waals surface area contributed by atoms with Crippen molar-refractivity contribution < 1.29 is 23.1 Å². The Morgan fingerprint density at radius 3 is 2.68 bits per heavy atom. The van der Waals surface area contributed by atoms with Crippen LogP contribution in [0.25, 0.3) is 0 Å². The summed E-state index contributed by atoms with van der Waals surface area (Å²) in [5.74, 6) is -1.57. The molecule has 1 spiro atoms. The van der Waals surface area contributed by atoms with Gasteiger partial charge in [0.1, 0.15) is 0 Å². The summed E-state index contributed by atoms with van der Waals surface area (Å²) >= 11 is 1.39. The minimum absolute atomic E-state index is 0.0482. The van der Waals surface area contributed by atoms with Gasteiger partial charge in [0, 0.05) is 35.6 Å². The van der Waals surface area contributed by atoms with Gasteiger partial charge < -0.3 is 9.84 Å². The highest BCUT2D eigenvalue weighted by Crippen LogP contribution is 2.44. The summed E-state index contributed by atoms with van der Waals surface area (Å²) in [6.45, 7) is 2.85. The zero-order valence-electron chi connectivity index (χ0n) is 12.3. The maximum absolute atomic E-state index is 13.0. The minimum Gasteiger partial charge on any atom is -0.481 e. The summed E-state index contributed by atoms with van der Waals surface area (Å²) in [5.41, 5.74) is -0.615. The van der Waals surface area contributed by atoms with E-state index in [1.165, 1.54) is 15.6 Å². The van der Waals surface area contributed by atoms with Crippen molar-refractivity contribution in [2.75, 3.05) is 19.8 Å². The molecule has 1 atom stereocenters. The van der Waals surface area contributed by atoms with Gasteiger partial charge >= 0.3 is 5.97 Å². The Balaban J connectivity index is 2.00. The fourth-order valence-corrected chi connectivity index (χ4v) is 6.42. The largest absolute Gasteiger partial charge is 0.481 e. The second kappa shape index (κ2) is 5.59. The number of sulfonamides is 1. The Labute approximate surface area is 133 Å². The topological polar surface area (TPSA) is 83.9 Å². The van der Waals surface area contributed by atoms with Crippen LogP contribution in [0.2, 0.25) is 0 Å². The van der Waals surface area contributed by atoms with E-state index in [0.29, 0.717) is 32.5 Å². The van der Waals surface area contributed by atoms with Crippen molar-refractivity contribution in [1.29, 1.82) is 0 Å². The Kier molecular flexibility index (Phi) is 4.05. The first-order valence-corrected chi connectivity index (χ1v) is 9.56. The Hall–Kier alpha value is -0.960. The molecule has 2 fully saturated rings. The summed E-state index contributed by atoms with van der Waals surface area (Å²) in [5, 5.41) is 11.0. The number of carbonyl (C=O) groups is 1. The van der Waals surface area contributed by atoms with Gasteiger partial charge in [0.25, 0.3) is 0 Å². The normalized spacial score (nSPS) is 25.6. The predicted molar refractivity (Wildman–Crippen MR) is 81.5 cm³/mol. The lowest BCUT2D eigenvalue weighted by atomic mass is 9.86. The number of hydrogen-bond acceptors (Lipinski definition) is 5. The van der Waals surface area contributed by atoms with E-state index in [9.17, 15) is 18.3 Å². The van der Waals surface area contributed by atoms with Crippen molar-refractivity contribution in [2.24, 2.45) is 5.92 Å². The Morgan fingerprint density at radius 2 is 2.14 bits per heavy atom. The van der Waals surface area contributed by atoms with Gasteiger partial charge in [0.05, 0.1) is 10.8 Å². The Morgan fingerprint density at radius 1 is 1.45 bits per heavy atom. The molecular formula is C14H19NO5S2. The van der Waals surface area contributed by atoms with Gasteiger partial charge in [-0.2, -0.15) is 4.31 Å². The molecule has 1 aromatic heterocycles. The number of aryl methyl sites for hydroxylation is 1. The van der Waals surface area contributed by atoms with E-state index < -0.39 is 27.4 Å². The molecule has 0 saturated carbocycles. The van der Waals surface area contributed by atoms with E-state index in [1.54, 1.807) is 11.4 Å². The van der Waals surface area contributed by atoms with Crippen molar-refractivity contribution in [3.63, 3.8) is 0 Å². The first-order chi connectivity index (χ1) is 10.3. The third-order valence-electron chi connectivity index (χ3n) is 4.61. The number of thiophene rings is 1. The monoisotopic (exact) mass is 345 g/mol. The smallest absolute Gasteiger partial charge is 0.307 e. The molecule has 0 aromatic carbocycles. The molecule has 0 bridgehead atoms. The van der Waals surface area contributed by atoms with Crippen LogP contribution in [0.5, 0.6) is 0 Å². The molecule has 0 amide bonds. The zero-order chi connectivity index (χ0) is 16.0. The van der Waals surface area contributed by atoms with E-state index in [4.69, 9.17) is 4.74 Å². The van der Waals surface area contributed by atoms with Gasteiger partial charge in [-0.25, -0.2) is 8.42 Å². The number of rotatable bonds is 3. The number of ether oxygens (including phenoxy) is 1. The molecule has 1 N–H and O–H groups in total. The molecule has 3 rings (SSSR count). The molecule has 2 aliphatic heterocycles. The van der Waals surface area contributed by atoms with Crippen LogP contribution in [-0.4, -0.2) is 49.1 Å². The van der Waals surface area contributed by atoms with Crippen molar-refractivity contribution in [1.82, 2.24) is 4.31 Å².